The van der Waals surface area contributed by atoms with Crippen molar-refractivity contribution < 1.29 is 13.9 Å². The molecule has 0 spiro atoms. The second-order valence-corrected chi connectivity index (χ2v) is 10.7. The van der Waals surface area contributed by atoms with Crippen LogP contribution in [0.2, 0.25) is 0 Å². The molecule has 1 fully saturated rings. The molecule has 2 aliphatic rings. The molecule has 1 N–H and O–H groups in total. The van der Waals surface area contributed by atoms with E-state index in [0.29, 0.717) is 46.8 Å². The minimum atomic E-state index is -0.345. The summed E-state index contributed by atoms with van der Waals surface area (Å²) in [6.45, 7) is 5.44. The third kappa shape index (κ3) is 3.72. The lowest BCUT2D eigenvalue weighted by molar-refractivity contribution is 0.100. The third-order valence-corrected chi connectivity index (χ3v) is 8.06. The molecule has 0 radical (unpaired) electrons. The van der Waals surface area contributed by atoms with E-state index in [2.05, 4.69) is 27.4 Å². The van der Waals surface area contributed by atoms with Crippen molar-refractivity contribution in [2.45, 2.75) is 38.1 Å². The zero-order valence-electron chi connectivity index (χ0n) is 22.0. The molecule has 2 aromatic heterocycles. The highest BCUT2D eigenvalue weighted by atomic mass is 19.1. The van der Waals surface area contributed by atoms with Crippen LogP contribution in [-0.4, -0.2) is 45.9 Å². The minimum absolute atomic E-state index is 0.0763. The van der Waals surface area contributed by atoms with Crippen molar-refractivity contribution in [3.63, 3.8) is 0 Å². The van der Waals surface area contributed by atoms with Crippen LogP contribution in [0.4, 0.5) is 15.8 Å². The maximum atomic E-state index is 15.1. The number of carbonyl (C=O) groups excluding carboxylic acids is 1. The highest BCUT2D eigenvalue weighted by Gasteiger charge is 2.48. The summed E-state index contributed by atoms with van der Waals surface area (Å²) in [5, 5.41) is 13.0. The van der Waals surface area contributed by atoms with Crippen molar-refractivity contribution >= 4 is 28.1 Å². The first-order valence-corrected chi connectivity index (χ1v) is 13.0. The van der Waals surface area contributed by atoms with Crippen LogP contribution in [0.1, 0.15) is 60.0 Å². The molecule has 2 aromatic carbocycles. The Labute approximate surface area is 220 Å². The van der Waals surface area contributed by atoms with Crippen LogP contribution in [0.3, 0.4) is 0 Å². The van der Waals surface area contributed by atoms with Crippen LogP contribution < -0.4 is 10.2 Å². The van der Waals surface area contributed by atoms with Crippen LogP contribution in [0.5, 0.6) is 0 Å². The largest absolute Gasteiger partial charge is 0.383 e. The quantitative estimate of drug-likeness (QED) is 0.340. The van der Waals surface area contributed by atoms with Gasteiger partial charge in [0.05, 0.1) is 35.2 Å². The highest BCUT2D eigenvalue weighted by molar-refractivity contribution is 6.28. The molecule has 9 heteroatoms. The van der Waals surface area contributed by atoms with Gasteiger partial charge < -0.3 is 14.6 Å². The number of halogens is 1. The smallest absolute Gasteiger partial charge is 0.263 e. The summed E-state index contributed by atoms with van der Waals surface area (Å²) in [5.41, 5.74) is 3.37. The fourth-order valence-electron chi connectivity index (χ4n) is 6.25. The summed E-state index contributed by atoms with van der Waals surface area (Å²) in [6, 6.07) is 8.79. The number of nitrogens with zero attached hydrogens (tertiary/aromatic N) is 5. The Morgan fingerprint density at radius 1 is 1.24 bits per heavy atom. The number of hydrogen-bond donors (Lipinski definition) is 1. The van der Waals surface area contributed by atoms with Crippen LogP contribution in [0.25, 0.3) is 10.8 Å². The molecule has 1 saturated carbocycles. The number of benzene rings is 2. The van der Waals surface area contributed by atoms with Gasteiger partial charge in [-0.05, 0) is 67.1 Å². The average molecular weight is 515 g/mol. The van der Waals surface area contributed by atoms with Gasteiger partial charge in [-0.3, -0.25) is 14.7 Å². The molecule has 1 aliphatic heterocycles. The van der Waals surface area contributed by atoms with Gasteiger partial charge in [0.15, 0.2) is 0 Å². The zero-order valence-corrected chi connectivity index (χ0v) is 22.0. The van der Waals surface area contributed by atoms with Crippen LogP contribution in [0, 0.1) is 11.7 Å². The molecule has 1 amide bonds. The third-order valence-electron chi connectivity index (χ3n) is 8.06. The number of carbonyl (C=O) groups is 1. The standard InChI is InChI=1S/C29H31FN6O2/c1-17-12-29(13-17,28-34-33-16-35(28)3)20-11-21(15-31-14-20)36-25-6-5-24(30)22-9-19(18(2)32-7-8-38-4)10-23(26(22)25)27(36)37/h5-6,9-11,14-18,32H,7-8,12-13H2,1-4H3. The fourth-order valence-corrected chi connectivity index (χ4v) is 6.25. The maximum absolute atomic E-state index is 15.1. The van der Waals surface area contributed by atoms with Gasteiger partial charge in [-0.25, -0.2) is 4.39 Å². The van der Waals surface area contributed by atoms with Crippen molar-refractivity contribution in [3.8, 4) is 0 Å². The highest BCUT2D eigenvalue weighted by Crippen LogP contribution is 2.52. The lowest BCUT2D eigenvalue weighted by atomic mass is 9.59. The van der Waals surface area contributed by atoms with Gasteiger partial charge in [0.2, 0.25) is 0 Å². The van der Waals surface area contributed by atoms with Gasteiger partial charge in [0.25, 0.3) is 5.91 Å². The number of amides is 1. The normalized spacial score (nSPS) is 21.2. The van der Waals surface area contributed by atoms with Crippen molar-refractivity contribution in [2.75, 3.05) is 25.2 Å². The van der Waals surface area contributed by atoms with E-state index in [-0.39, 0.29) is 23.2 Å². The monoisotopic (exact) mass is 514 g/mol. The van der Waals surface area contributed by atoms with E-state index < -0.39 is 0 Å². The van der Waals surface area contributed by atoms with E-state index in [0.717, 1.165) is 29.8 Å². The van der Waals surface area contributed by atoms with Gasteiger partial charge in [-0.2, -0.15) is 0 Å². The van der Waals surface area contributed by atoms with E-state index >= 15 is 4.39 Å². The zero-order chi connectivity index (χ0) is 26.6. The van der Waals surface area contributed by atoms with E-state index in [1.165, 1.54) is 6.07 Å². The van der Waals surface area contributed by atoms with Crippen molar-refractivity contribution in [1.29, 1.82) is 0 Å². The number of anilines is 2. The van der Waals surface area contributed by atoms with Crippen molar-refractivity contribution in [3.05, 3.63) is 77.4 Å². The SMILES string of the molecule is COCCNC(C)c1cc2c3c(ccc(F)c3c1)N(c1cncc(C3(c4nncn4C)CC(C)C3)c1)C2=O. The molecule has 8 nitrogen and oxygen atoms in total. The molecule has 1 aliphatic carbocycles. The second kappa shape index (κ2) is 9.25. The number of pyridine rings is 1. The van der Waals surface area contributed by atoms with E-state index in [1.54, 1.807) is 30.6 Å². The Kier molecular flexibility index (Phi) is 6.00. The van der Waals surface area contributed by atoms with Crippen molar-refractivity contribution in [1.82, 2.24) is 25.1 Å². The number of aryl methyl sites for hydroxylation is 1. The molecule has 38 heavy (non-hydrogen) atoms. The molecule has 1 unspecified atom stereocenters. The summed E-state index contributed by atoms with van der Waals surface area (Å²) in [4.78, 5) is 20.1. The minimum Gasteiger partial charge on any atom is -0.383 e. The van der Waals surface area contributed by atoms with Gasteiger partial charge in [-0.15, -0.1) is 10.2 Å². The van der Waals surface area contributed by atoms with E-state index in [9.17, 15) is 4.79 Å². The lowest BCUT2D eigenvalue weighted by Crippen LogP contribution is -2.43. The summed E-state index contributed by atoms with van der Waals surface area (Å²) < 4.78 is 22.2. The van der Waals surface area contributed by atoms with E-state index in [4.69, 9.17) is 4.74 Å². The van der Waals surface area contributed by atoms with Gasteiger partial charge in [-0.1, -0.05) is 6.92 Å². The molecule has 1 atom stereocenters. The second-order valence-electron chi connectivity index (χ2n) is 10.7. The Hall–Kier alpha value is -3.69. The molecular formula is C29H31FN6O2. The summed E-state index contributed by atoms with van der Waals surface area (Å²) in [7, 11) is 3.60. The van der Waals surface area contributed by atoms with Gasteiger partial charge in [0.1, 0.15) is 18.0 Å². The maximum Gasteiger partial charge on any atom is 0.263 e. The first-order chi connectivity index (χ1) is 18.3. The Bertz CT molecular complexity index is 1540. The molecule has 196 valence electrons. The Morgan fingerprint density at radius 3 is 2.76 bits per heavy atom. The topological polar surface area (TPSA) is 85.2 Å². The molecule has 6 rings (SSSR count). The number of rotatable bonds is 8. The number of hydrogen-bond acceptors (Lipinski definition) is 6. The predicted molar refractivity (Wildman–Crippen MR) is 143 cm³/mol. The predicted octanol–water partition coefficient (Wildman–Crippen LogP) is 4.81. The van der Waals surface area contributed by atoms with Crippen LogP contribution in [0.15, 0.2) is 49.1 Å². The van der Waals surface area contributed by atoms with Gasteiger partial charge >= 0.3 is 0 Å². The average Bonchev–Trinajstić information content (AvgIpc) is 3.45. The number of ether oxygens (including phenoxy) is 1. The van der Waals surface area contributed by atoms with Gasteiger partial charge in [0, 0.05) is 43.7 Å². The molecule has 3 heterocycles. The van der Waals surface area contributed by atoms with E-state index in [1.807, 2.05) is 42.9 Å². The first kappa shape index (κ1) is 24.6. The fraction of sp³-hybridized carbons (Fsp3) is 0.379. The number of methoxy groups -OCH3 is 1. The van der Waals surface area contributed by atoms with Crippen LogP contribution in [-0.2, 0) is 17.2 Å². The number of aromatic nitrogens is 4. The summed E-state index contributed by atoms with van der Waals surface area (Å²) in [6.07, 6.45) is 7.14. The summed E-state index contributed by atoms with van der Waals surface area (Å²) >= 11 is 0. The first-order valence-electron chi connectivity index (χ1n) is 13.0. The van der Waals surface area contributed by atoms with Crippen LogP contribution >= 0.6 is 0 Å². The molecule has 0 bridgehead atoms. The summed E-state index contributed by atoms with van der Waals surface area (Å²) in [5.74, 6) is 0.911. The molecular weight excluding hydrogens is 483 g/mol. The number of nitrogens with one attached hydrogen (secondary N) is 1. The van der Waals surface area contributed by atoms with Crippen molar-refractivity contribution in [2.24, 2.45) is 13.0 Å². The Morgan fingerprint density at radius 2 is 2.05 bits per heavy atom. The molecule has 0 saturated heterocycles. The lowest BCUT2D eigenvalue weighted by Gasteiger charge is -2.46. The Balaban J connectivity index is 1.42. The molecule has 4 aromatic rings.